The molecule has 2 rings (SSSR count). The van der Waals surface area contributed by atoms with E-state index in [1.807, 2.05) is 0 Å². The average molecular weight is 343 g/mol. The summed E-state index contributed by atoms with van der Waals surface area (Å²) in [6.07, 6.45) is 1.25. The third kappa shape index (κ3) is 7.64. The van der Waals surface area contributed by atoms with Crippen LogP contribution >= 0.6 is 12.4 Å². The molecule has 1 atom stereocenters. The van der Waals surface area contributed by atoms with Crippen LogP contribution < -0.4 is 5.32 Å². The van der Waals surface area contributed by atoms with Crippen LogP contribution in [0.3, 0.4) is 0 Å². The van der Waals surface area contributed by atoms with Crippen molar-refractivity contribution in [3.05, 3.63) is 35.9 Å². The maximum atomic E-state index is 5.66. The van der Waals surface area contributed by atoms with E-state index in [0.717, 1.165) is 39.3 Å². The van der Waals surface area contributed by atoms with Gasteiger partial charge < -0.3 is 14.8 Å². The molecule has 1 aromatic rings. The summed E-state index contributed by atoms with van der Waals surface area (Å²) in [7, 11) is 1.71. The van der Waals surface area contributed by atoms with Crippen molar-refractivity contribution in [2.45, 2.75) is 19.9 Å². The number of hydrogen-bond donors (Lipinski definition) is 1. The van der Waals surface area contributed by atoms with Gasteiger partial charge in [0.1, 0.15) is 0 Å². The van der Waals surface area contributed by atoms with Gasteiger partial charge in [0.25, 0.3) is 0 Å². The van der Waals surface area contributed by atoms with E-state index in [-0.39, 0.29) is 12.4 Å². The highest BCUT2D eigenvalue weighted by atomic mass is 35.5. The first kappa shape index (κ1) is 20.4. The lowest BCUT2D eigenvalue weighted by Gasteiger charge is -2.32. The van der Waals surface area contributed by atoms with Crippen LogP contribution in [-0.4, -0.2) is 58.0 Å². The van der Waals surface area contributed by atoms with E-state index in [0.29, 0.717) is 18.6 Å². The van der Waals surface area contributed by atoms with E-state index in [2.05, 4.69) is 47.5 Å². The van der Waals surface area contributed by atoms with E-state index in [9.17, 15) is 0 Å². The summed E-state index contributed by atoms with van der Waals surface area (Å²) in [4.78, 5) is 2.52. The summed E-state index contributed by atoms with van der Waals surface area (Å²) in [5, 5.41) is 3.49. The Labute approximate surface area is 146 Å². The first-order valence-electron chi connectivity index (χ1n) is 8.25. The van der Waals surface area contributed by atoms with Gasteiger partial charge in [-0.3, -0.25) is 4.90 Å². The number of hydrogen-bond acceptors (Lipinski definition) is 4. The zero-order valence-corrected chi connectivity index (χ0v) is 15.2. The largest absolute Gasteiger partial charge is 0.382 e. The van der Waals surface area contributed by atoms with Gasteiger partial charge in [-0.15, -0.1) is 12.4 Å². The molecule has 1 saturated heterocycles. The fourth-order valence-electron chi connectivity index (χ4n) is 3.04. The minimum absolute atomic E-state index is 0. The van der Waals surface area contributed by atoms with Crippen LogP contribution in [0.4, 0.5) is 0 Å². The number of halogens is 1. The van der Waals surface area contributed by atoms with Gasteiger partial charge in [-0.1, -0.05) is 37.3 Å². The normalized spacial score (nSPS) is 20.7. The Morgan fingerprint density at radius 3 is 2.61 bits per heavy atom. The minimum Gasteiger partial charge on any atom is -0.382 e. The lowest BCUT2D eigenvalue weighted by atomic mass is 9.89. The quantitative estimate of drug-likeness (QED) is 0.663. The Morgan fingerprint density at radius 2 is 1.96 bits per heavy atom. The SMILES string of the molecule is COCCOCCN(Cc1ccccc1)CC1(C)CCNC1.Cl. The molecule has 0 amide bonds. The zero-order chi connectivity index (χ0) is 15.7. The third-order valence-electron chi connectivity index (χ3n) is 4.30. The maximum absolute atomic E-state index is 5.66. The van der Waals surface area contributed by atoms with Crippen molar-refractivity contribution >= 4 is 12.4 Å². The molecule has 0 radical (unpaired) electrons. The lowest BCUT2D eigenvalue weighted by molar-refractivity contribution is 0.0489. The smallest absolute Gasteiger partial charge is 0.0700 e. The molecule has 1 N–H and O–H groups in total. The zero-order valence-electron chi connectivity index (χ0n) is 14.4. The summed E-state index contributed by atoms with van der Waals surface area (Å²) in [6, 6.07) is 10.7. The maximum Gasteiger partial charge on any atom is 0.0700 e. The first-order chi connectivity index (χ1) is 10.7. The van der Waals surface area contributed by atoms with Crippen molar-refractivity contribution in [2.75, 3.05) is 53.1 Å². The molecule has 4 nitrogen and oxygen atoms in total. The highest BCUT2D eigenvalue weighted by molar-refractivity contribution is 5.85. The molecule has 0 spiro atoms. The van der Waals surface area contributed by atoms with Crippen molar-refractivity contribution in [2.24, 2.45) is 5.41 Å². The van der Waals surface area contributed by atoms with Crippen molar-refractivity contribution < 1.29 is 9.47 Å². The molecule has 0 aliphatic carbocycles. The molecular formula is C18H31ClN2O2. The van der Waals surface area contributed by atoms with Gasteiger partial charge >= 0.3 is 0 Å². The molecule has 1 aliphatic heterocycles. The molecule has 1 aromatic carbocycles. The van der Waals surface area contributed by atoms with Crippen LogP contribution in [0.5, 0.6) is 0 Å². The summed E-state index contributed by atoms with van der Waals surface area (Å²) >= 11 is 0. The first-order valence-corrected chi connectivity index (χ1v) is 8.25. The number of benzene rings is 1. The number of nitrogens with zero attached hydrogens (tertiary/aromatic N) is 1. The molecule has 1 fully saturated rings. The second kappa shape index (κ2) is 11.0. The topological polar surface area (TPSA) is 33.7 Å². The third-order valence-corrected chi connectivity index (χ3v) is 4.30. The average Bonchev–Trinajstić information content (AvgIpc) is 2.94. The van der Waals surface area contributed by atoms with Crippen LogP contribution in [0.25, 0.3) is 0 Å². The van der Waals surface area contributed by atoms with Gasteiger partial charge in [0.15, 0.2) is 0 Å². The molecule has 0 saturated carbocycles. The number of ether oxygens (including phenoxy) is 2. The van der Waals surface area contributed by atoms with Gasteiger partial charge in [-0.05, 0) is 23.9 Å². The second-order valence-electron chi connectivity index (χ2n) is 6.54. The molecule has 5 heteroatoms. The van der Waals surface area contributed by atoms with Crippen molar-refractivity contribution in [3.8, 4) is 0 Å². The van der Waals surface area contributed by atoms with E-state index < -0.39 is 0 Å². The van der Waals surface area contributed by atoms with Crippen molar-refractivity contribution in [3.63, 3.8) is 0 Å². The van der Waals surface area contributed by atoms with Gasteiger partial charge in [0.2, 0.25) is 0 Å². The lowest BCUT2D eigenvalue weighted by Crippen LogP contribution is -2.38. The molecule has 23 heavy (non-hydrogen) atoms. The van der Waals surface area contributed by atoms with Crippen molar-refractivity contribution in [1.29, 1.82) is 0 Å². The summed E-state index contributed by atoms with van der Waals surface area (Å²) < 4.78 is 10.7. The fraction of sp³-hybridized carbons (Fsp3) is 0.667. The van der Waals surface area contributed by atoms with Crippen LogP contribution in [0.2, 0.25) is 0 Å². The highest BCUT2D eigenvalue weighted by Crippen LogP contribution is 2.26. The molecule has 132 valence electrons. The van der Waals surface area contributed by atoms with Crippen LogP contribution in [0, 0.1) is 5.41 Å². The molecule has 0 aromatic heterocycles. The summed E-state index contributed by atoms with van der Waals surface area (Å²) in [5.74, 6) is 0. The Bertz CT molecular complexity index is 411. The van der Waals surface area contributed by atoms with Crippen molar-refractivity contribution in [1.82, 2.24) is 10.2 Å². The van der Waals surface area contributed by atoms with Crippen LogP contribution in [-0.2, 0) is 16.0 Å². The molecular weight excluding hydrogens is 312 g/mol. The summed E-state index contributed by atoms with van der Waals surface area (Å²) in [6.45, 7) is 9.81. The standard InChI is InChI=1S/C18H30N2O2.ClH/c1-18(8-9-19-15-18)16-20(10-11-22-13-12-21-2)14-17-6-4-3-5-7-17;/h3-7,19H,8-16H2,1-2H3;1H. The second-order valence-corrected chi connectivity index (χ2v) is 6.54. The van der Waals surface area contributed by atoms with E-state index in [1.165, 1.54) is 12.0 Å². The Kier molecular flexibility index (Phi) is 9.75. The van der Waals surface area contributed by atoms with Crippen LogP contribution in [0.15, 0.2) is 30.3 Å². The highest BCUT2D eigenvalue weighted by Gasteiger charge is 2.30. The molecule has 1 aliphatic rings. The van der Waals surface area contributed by atoms with E-state index in [4.69, 9.17) is 9.47 Å². The Balaban J connectivity index is 0.00000264. The monoisotopic (exact) mass is 342 g/mol. The van der Waals surface area contributed by atoms with Gasteiger partial charge in [0, 0.05) is 33.3 Å². The number of methoxy groups -OCH3 is 1. The number of rotatable bonds is 10. The Morgan fingerprint density at radius 1 is 1.17 bits per heavy atom. The number of nitrogens with one attached hydrogen (secondary N) is 1. The fourth-order valence-corrected chi connectivity index (χ4v) is 3.04. The Hall–Kier alpha value is -0.650. The van der Waals surface area contributed by atoms with E-state index in [1.54, 1.807) is 7.11 Å². The minimum atomic E-state index is 0. The van der Waals surface area contributed by atoms with Crippen LogP contribution in [0.1, 0.15) is 18.9 Å². The molecule has 0 bridgehead atoms. The predicted octanol–water partition coefficient (Wildman–Crippen LogP) is 2.57. The molecule has 1 unspecified atom stereocenters. The molecule has 1 heterocycles. The van der Waals surface area contributed by atoms with Gasteiger partial charge in [-0.25, -0.2) is 0 Å². The predicted molar refractivity (Wildman–Crippen MR) is 97.3 cm³/mol. The van der Waals surface area contributed by atoms with Gasteiger partial charge in [0.05, 0.1) is 19.8 Å². The summed E-state index contributed by atoms with van der Waals surface area (Å²) in [5.41, 5.74) is 1.75. The van der Waals surface area contributed by atoms with Gasteiger partial charge in [-0.2, -0.15) is 0 Å². The van der Waals surface area contributed by atoms with E-state index >= 15 is 0 Å².